The van der Waals surface area contributed by atoms with E-state index >= 15 is 0 Å². The highest BCUT2D eigenvalue weighted by molar-refractivity contribution is 5.77. The summed E-state index contributed by atoms with van der Waals surface area (Å²) >= 11 is 0. The highest BCUT2D eigenvalue weighted by atomic mass is 16.6. The largest absolute Gasteiger partial charge is 0.497 e. The van der Waals surface area contributed by atoms with E-state index in [-0.39, 0.29) is 12.3 Å². The molecular formula is C21H27N3O4. The van der Waals surface area contributed by atoms with Gasteiger partial charge in [0.1, 0.15) is 11.9 Å². The maximum absolute atomic E-state index is 12.7. The molecular weight excluding hydrogens is 358 g/mol. The van der Waals surface area contributed by atoms with Gasteiger partial charge in [0.25, 0.3) is 0 Å². The maximum Gasteiger partial charge on any atom is 0.405 e. The maximum atomic E-state index is 12.7. The van der Waals surface area contributed by atoms with Gasteiger partial charge in [0.2, 0.25) is 5.91 Å². The van der Waals surface area contributed by atoms with Crippen LogP contribution in [0.1, 0.15) is 25.0 Å². The fraction of sp³-hybridized carbons (Fsp3) is 0.333. The summed E-state index contributed by atoms with van der Waals surface area (Å²) in [6, 6.07) is 16.7. The Kier molecular flexibility index (Phi) is 8.14. The molecule has 0 aliphatic heterocycles. The van der Waals surface area contributed by atoms with Gasteiger partial charge in [-0.15, -0.1) is 0 Å². The minimum absolute atomic E-state index is 0.0450. The molecule has 0 heterocycles. The Bertz CT molecular complexity index is 750. The van der Waals surface area contributed by atoms with Gasteiger partial charge in [0, 0.05) is 25.3 Å². The second-order valence-electron chi connectivity index (χ2n) is 6.17. The lowest BCUT2D eigenvalue weighted by Gasteiger charge is -2.24. The smallest absolute Gasteiger partial charge is 0.405 e. The first-order valence-corrected chi connectivity index (χ1v) is 9.20. The van der Waals surface area contributed by atoms with Crippen LogP contribution >= 0.6 is 0 Å². The lowest BCUT2D eigenvalue weighted by molar-refractivity contribution is -0.133. The third-order valence-corrected chi connectivity index (χ3v) is 4.33. The van der Waals surface area contributed by atoms with Crippen LogP contribution in [0.5, 0.6) is 5.75 Å². The monoisotopic (exact) mass is 385 g/mol. The van der Waals surface area contributed by atoms with Crippen LogP contribution in [0.4, 0.5) is 10.5 Å². The molecule has 7 nitrogen and oxygen atoms in total. The second-order valence-corrected chi connectivity index (χ2v) is 6.17. The first-order chi connectivity index (χ1) is 13.5. The predicted octanol–water partition coefficient (Wildman–Crippen LogP) is 3.18. The van der Waals surface area contributed by atoms with Crippen LogP contribution < -0.4 is 15.8 Å². The van der Waals surface area contributed by atoms with E-state index in [4.69, 9.17) is 15.2 Å². The second kappa shape index (κ2) is 10.8. The van der Waals surface area contributed by atoms with Crippen LogP contribution in [-0.4, -0.2) is 43.6 Å². The molecule has 2 aromatic carbocycles. The average molecular weight is 385 g/mol. The highest BCUT2D eigenvalue weighted by Gasteiger charge is 2.22. The molecule has 1 atom stereocenters. The Hall–Kier alpha value is -3.22. The van der Waals surface area contributed by atoms with Crippen LogP contribution in [0.2, 0.25) is 0 Å². The number of benzene rings is 2. The van der Waals surface area contributed by atoms with Gasteiger partial charge in [-0.05, 0) is 36.8 Å². The van der Waals surface area contributed by atoms with E-state index in [1.807, 2.05) is 61.5 Å². The minimum Gasteiger partial charge on any atom is -0.497 e. The molecule has 0 unspecified atom stereocenters. The molecule has 0 radical (unpaired) electrons. The Labute approximate surface area is 165 Å². The number of methoxy groups -OCH3 is 1. The fourth-order valence-electron chi connectivity index (χ4n) is 2.83. The standard InChI is InChI=1S/C21H27N3O4/c1-3-24(14-13-23-17-9-11-18(27-2)12-10-17)20(25)15-19(28-21(22)26)16-7-5-4-6-8-16/h4-12,19,23H,3,13-15H2,1-2H3,(H2,22,26)/t19-/m1/s1. The molecule has 0 spiro atoms. The number of anilines is 1. The number of rotatable bonds is 10. The van der Waals surface area contributed by atoms with Crippen LogP contribution in [0.3, 0.4) is 0 Å². The molecule has 0 aliphatic rings. The summed E-state index contributed by atoms with van der Waals surface area (Å²) < 4.78 is 10.3. The van der Waals surface area contributed by atoms with E-state index < -0.39 is 12.2 Å². The summed E-state index contributed by atoms with van der Waals surface area (Å²) in [6.07, 6.45) is -1.55. The lowest BCUT2D eigenvalue weighted by atomic mass is 10.1. The third kappa shape index (κ3) is 6.50. The van der Waals surface area contributed by atoms with E-state index in [1.165, 1.54) is 0 Å². The van der Waals surface area contributed by atoms with Crippen molar-refractivity contribution in [3.05, 3.63) is 60.2 Å². The SMILES string of the molecule is CCN(CCNc1ccc(OC)cc1)C(=O)C[C@@H](OC(N)=O)c1ccccc1. The van der Waals surface area contributed by atoms with Gasteiger partial charge >= 0.3 is 6.09 Å². The summed E-state index contributed by atoms with van der Waals surface area (Å²) in [6.45, 7) is 3.59. The van der Waals surface area contributed by atoms with Gasteiger partial charge in [-0.1, -0.05) is 30.3 Å². The number of primary amides is 1. The lowest BCUT2D eigenvalue weighted by Crippen LogP contribution is -2.36. The quantitative estimate of drug-likeness (QED) is 0.655. The normalized spacial score (nSPS) is 11.4. The van der Waals surface area contributed by atoms with Gasteiger partial charge in [-0.25, -0.2) is 4.79 Å². The first-order valence-electron chi connectivity index (χ1n) is 9.20. The fourth-order valence-corrected chi connectivity index (χ4v) is 2.83. The molecule has 28 heavy (non-hydrogen) atoms. The van der Waals surface area contributed by atoms with E-state index in [0.717, 1.165) is 17.0 Å². The Morgan fingerprint density at radius 2 is 1.79 bits per heavy atom. The Morgan fingerprint density at radius 3 is 2.36 bits per heavy atom. The topological polar surface area (TPSA) is 93.9 Å². The van der Waals surface area contributed by atoms with Gasteiger partial charge in [-0.3, -0.25) is 4.79 Å². The molecule has 0 aliphatic carbocycles. The highest BCUT2D eigenvalue weighted by Crippen LogP contribution is 2.22. The number of ether oxygens (including phenoxy) is 2. The number of amides is 2. The van der Waals surface area contributed by atoms with Crippen LogP contribution in [-0.2, 0) is 9.53 Å². The van der Waals surface area contributed by atoms with Gasteiger partial charge < -0.3 is 25.4 Å². The summed E-state index contributed by atoms with van der Waals surface area (Å²) in [5, 5.41) is 3.28. The number of carbonyl (C=O) groups is 2. The number of likely N-dealkylation sites (N-methyl/N-ethyl adjacent to an activating group) is 1. The molecule has 2 amide bonds. The zero-order chi connectivity index (χ0) is 20.4. The van der Waals surface area contributed by atoms with Crippen molar-refractivity contribution in [2.45, 2.75) is 19.4 Å². The Morgan fingerprint density at radius 1 is 1.11 bits per heavy atom. The number of nitrogens with one attached hydrogen (secondary N) is 1. The Balaban J connectivity index is 1.91. The van der Waals surface area contributed by atoms with E-state index in [0.29, 0.717) is 19.6 Å². The van der Waals surface area contributed by atoms with Crippen LogP contribution in [0, 0.1) is 0 Å². The van der Waals surface area contributed by atoms with E-state index in [9.17, 15) is 9.59 Å². The molecule has 7 heteroatoms. The summed E-state index contributed by atoms with van der Waals surface area (Å²) in [7, 11) is 1.62. The number of nitrogens with zero attached hydrogens (tertiary/aromatic N) is 1. The number of carbonyl (C=O) groups excluding carboxylic acids is 2. The van der Waals surface area contributed by atoms with Crippen molar-refractivity contribution in [1.82, 2.24) is 4.90 Å². The molecule has 0 fully saturated rings. The summed E-state index contributed by atoms with van der Waals surface area (Å²) in [5.41, 5.74) is 6.86. The number of hydrogen-bond acceptors (Lipinski definition) is 5. The van der Waals surface area contributed by atoms with Crippen molar-refractivity contribution < 1.29 is 19.1 Å². The third-order valence-electron chi connectivity index (χ3n) is 4.33. The van der Waals surface area contributed by atoms with Gasteiger partial charge in [0.05, 0.1) is 13.5 Å². The zero-order valence-electron chi connectivity index (χ0n) is 16.3. The molecule has 0 saturated carbocycles. The van der Waals surface area contributed by atoms with Crippen LogP contribution in [0.25, 0.3) is 0 Å². The predicted molar refractivity (Wildman–Crippen MR) is 108 cm³/mol. The van der Waals surface area contributed by atoms with Gasteiger partial charge in [0.15, 0.2) is 0 Å². The zero-order valence-corrected chi connectivity index (χ0v) is 16.3. The molecule has 3 N–H and O–H groups in total. The summed E-state index contributed by atoms with van der Waals surface area (Å²) in [4.78, 5) is 25.7. The van der Waals surface area contributed by atoms with E-state index in [1.54, 1.807) is 12.0 Å². The van der Waals surface area contributed by atoms with Crippen molar-refractivity contribution in [3.8, 4) is 5.75 Å². The molecule has 150 valence electrons. The summed E-state index contributed by atoms with van der Waals surface area (Å²) in [5.74, 6) is 0.687. The van der Waals surface area contributed by atoms with Crippen LogP contribution in [0.15, 0.2) is 54.6 Å². The molecule has 0 saturated heterocycles. The van der Waals surface area contributed by atoms with E-state index in [2.05, 4.69) is 5.32 Å². The molecule has 2 rings (SSSR count). The number of hydrogen-bond donors (Lipinski definition) is 2. The first kappa shape index (κ1) is 21.1. The minimum atomic E-state index is -0.897. The van der Waals surface area contributed by atoms with Crippen molar-refractivity contribution >= 4 is 17.7 Å². The van der Waals surface area contributed by atoms with Gasteiger partial charge in [-0.2, -0.15) is 0 Å². The van der Waals surface area contributed by atoms with Crippen molar-refractivity contribution in [3.63, 3.8) is 0 Å². The van der Waals surface area contributed by atoms with Crippen molar-refractivity contribution in [2.75, 3.05) is 32.1 Å². The molecule has 2 aromatic rings. The van der Waals surface area contributed by atoms with Crippen molar-refractivity contribution in [2.24, 2.45) is 5.73 Å². The molecule has 0 aromatic heterocycles. The average Bonchev–Trinajstić information content (AvgIpc) is 2.71. The molecule has 0 bridgehead atoms. The van der Waals surface area contributed by atoms with Crippen molar-refractivity contribution in [1.29, 1.82) is 0 Å². The number of nitrogens with two attached hydrogens (primary N) is 1.